The summed E-state index contributed by atoms with van der Waals surface area (Å²) >= 11 is 0. The van der Waals surface area contributed by atoms with Gasteiger partial charge in [-0.2, -0.15) is 0 Å². The number of ketones is 1. The van der Waals surface area contributed by atoms with E-state index in [1.807, 2.05) is 43.3 Å². The van der Waals surface area contributed by atoms with Crippen LogP contribution in [-0.2, 0) is 14.3 Å². The molecule has 1 aliphatic heterocycles. The second-order valence-corrected chi connectivity index (χ2v) is 10.6. The first-order chi connectivity index (χ1) is 19.4. The molecule has 1 fully saturated rings. The van der Waals surface area contributed by atoms with Crippen molar-refractivity contribution in [2.75, 3.05) is 28.4 Å². The van der Waals surface area contributed by atoms with Crippen LogP contribution in [0.4, 0.5) is 0 Å². The van der Waals surface area contributed by atoms with Crippen LogP contribution in [0.5, 0.6) is 23.0 Å². The van der Waals surface area contributed by atoms with E-state index in [0.29, 0.717) is 40.7 Å². The first-order valence-corrected chi connectivity index (χ1v) is 13.8. The zero-order chi connectivity index (χ0) is 28.4. The van der Waals surface area contributed by atoms with Crippen molar-refractivity contribution in [2.45, 2.75) is 57.0 Å². The van der Waals surface area contributed by atoms with Gasteiger partial charge in [0.1, 0.15) is 11.9 Å². The van der Waals surface area contributed by atoms with Gasteiger partial charge in [0.25, 0.3) is 0 Å². The number of carbonyl (C=O) groups is 2. The molecule has 40 heavy (non-hydrogen) atoms. The average Bonchev–Trinajstić information content (AvgIpc) is 3.48. The number of ether oxygens (including phenoxy) is 5. The van der Waals surface area contributed by atoms with E-state index in [-0.39, 0.29) is 23.8 Å². The van der Waals surface area contributed by atoms with E-state index < -0.39 is 11.8 Å². The number of Topliss-reactive ketones (excluding diaryl/α,β-unsaturated/α-hetero) is 1. The minimum absolute atomic E-state index is 0.0447. The lowest BCUT2D eigenvalue weighted by Crippen LogP contribution is -2.42. The summed E-state index contributed by atoms with van der Waals surface area (Å²) in [5.41, 5.74) is 3.70. The molecular formula is C32H37NO7. The Morgan fingerprint density at radius 3 is 1.98 bits per heavy atom. The smallest absolute Gasteiger partial charge is 0.336 e. The predicted molar refractivity (Wildman–Crippen MR) is 150 cm³/mol. The number of hydrogen-bond acceptors (Lipinski definition) is 8. The number of methoxy groups -OCH3 is 4. The molecule has 3 atom stereocenters. The molecule has 2 aromatic carbocycles. The lowest BCUT2D eigenvalue weighted by atomic mass is 9.68. The summed E-state index contributed by atoms with van der Waals surface area (Å²) in [5.74, 6) is 0.787. The lowest BCUT2D eigenvalue weighted by Gasteiger charge is -2.40. The van der Waals surface area contributed by atoms with E-state index in [0.717, 1.165) is 42.5 Å². The highest BCUT2D eigenvalue weighted by atomic mass is 16.5. The summed E-state index contributed by atoms with van der Waals surface area (Å²) in [6.07, 6.45) is 6.15. The van der Waals surface area contributed by atoms with Gasteiger partial charge in [0.05, 0.1) is 39.9 Å². The van der Waals surface area contributed by atoms with E-state index in [1.165, 1.54) is 0 Å². The fraction of sp³-hybridized carbons (Fsp3) is 0.438. The minimum Gasteiger partial charge on any atom is -0.493 e. The summed E-state index contributed by atoms with van der Waals surface area (Å²) in [6.45, 7) is 1.88. The van der Waals surface area contributed by atoms with E-state index in [4.69, 9.17) is 23.7 Å². The predicted octanol–water partition coefficient (Wildman–Crippen LogP) is 5.42. The van der Waals surface area contributed by atoms with E-state index in [1.54, 1.807) is 28.4 Å². The van der Waals surface area contributed by atoms with Gasteiger partial charge in [-0.15, -0.1) is 0 Å². The van der Waals surface area contributed by atoms with Crippen molar-refractivity contribution in [3.8, 4) is 23.0 Å². The first kappa shape index (κ1) is 27.6. The third-order valence-corrected chi connectivity index (χ3v) is 8.26. The van der Waals surface area contributed by atoms with Gasteiger partial charge in [-0.3, -0.25) is 4.79 Å². The highest BCUT2D eigenvalue weighted by molar-refractivity contribution is 5.96. The molecule has 1 N–H and O–H groups in total. The Kier molecular flexibility index (Phi) is 8.05. The molecule has 5 rings (SSSR count). The molecule has 0 amide bonds. The van der Waals surface area contributed by atoms with Gasteiger partial charge in [0.15, 0.2) is 23.0 Å². The summed E-state index contributed by atoms with van der Waals surface area (Å²) in [5, 5.41) is 3.41. The monoisotopic (exact) mass is 547 g/mol. The lowest BCUT2D eigenvalue weighted by molar-refractivity contribution is -0.144. The minimum atomic E-state index is -0.565. The standard InChI is InChI=1S/C32H37NO7/c1-18-29(32(35)40-22-8-6-7-9-22)30(20-11-13-26(37-3)28(17-20)39-5)31-23(33-18)14-21(15-24(31)34)19-10-12-25(36-2)27(16-19)38-4/h10-14,16-17,21-22,30-31,33H,6-9,15H2,1-5H3. The second-order valence-electron chi connectivity index (χ2n) is 10.6. The number of nitrogens with one attached hydrogen (secondary N) is 1. The van der Waals surface area contributed by atoms with Crippen LogP contribution in [0, 0.1) is 5.92 Å². The molecule has 0 spiro atoms. The molecule has 8 nitrogen and oxygen atoms in total. The maximum Gasteiger partial charge on any atom is 0.336 e. The Morgan fingerprint density at radius 2 is 1.38 bits per heavy atom. The highest BCUT2D eigenvalue weighted by Crippen LogP contribution is 2.48. The van der Waals surface area contributed by atoms with Gasteiger partial charge in [-0.1, -0.05) is 18.2 Å². The van der Waals surface area contributed by atoms with Crippen molar-refractivity contribution in [3.63, 3.8) is 0 Å². The van der Waals surface area contributed by atoms with Crippen LogP contribution in [0.1, 0.15) is 62.0 Å². The molecule has 0 radical (unpaired) electrons. The summed E-state index contributed by atoms with van der Waals surface area (Å²) in [4.78, 5) is 27.7. The number of esters is 1. The van der Waals surface area contributed by atoms with Gasteiger partial charge in [-0.05, 0) is 68.0 Å². The maximum absolute atomic E-state index is 14.0. The van der Waals surface area contributed by atoms with E-state index in [9.17, 15) is 9.59 Å². The number of allylic oxidation sites excluding steroid dienone is 3. The van der Waals surface area contributed by atoms with E-state index >= 15 is 0 Å². The quantitative estimate of drug-likeness (QED) is 0.438. The van der Waals surface area contributed by atoms with Crippen molar-refractivity contribution in [1.82, 2.24) is 5.32 Å². The summed E-state index contributed by atoms with van der Waals surface area (Å²) in [6, 6.07) is 11.3. The first-order valence-electron chi connectivity index (χ1n) is 13.8. The van der Waals surface area contributed by atoms with Gasteiger partial charge < -0.3 is 29.0 Å². The largest absolute Gasteiger partial charge is 0.493 e. The van der Waals surface area contributed by atoms with E-state index in [2.05, 4.69) is 11.4 Å². The number of benzene rings is 2. The van der Waals surface area contributed by atoms with Crippen molar-refractivity contribution in [3.05, 3.63) is 70.6 Å². The molecule has 2 aromatic rings. The number of fused-ring (bicyclic) bond motifs is 1. The Hall–Kier alpha value is -3.94. The van der Waals surface area contributed by atoms with Gasteiger partial charge in [0, 0.05) is 29.7 Å². The van der Waals surface area contributed by atoms with Gasteiger partial charge in [-0.25, -0.2) is 4.79 Å². The van der Waals surface area contributed by atoms with Crippen molar-refractivity contribution < 1.29 is 33.3 Å². The Bertz CT molecular complexity index is 1360. The molecule has 0 aromatic heterocycles. The number of rotatable bonds is 8. The third kappa shape index (κ3) is 5.15. The third-order valence-electron chi connectivity index (χ3n) is 8.26. The maximum atomic E-state index is 14.0. The SMILES string of the molecule is COc1ccc(C2C=C3NC(C)=C(C(=O)OC4CCCC4)C(c4ccc(OC)c(OC)c4)C3C(=O)C2)cc1OC. The van der Waals surface area contributed by atoms with Crippen LogP contribution in [-0.4, -0.2) is 46.3 Å². The molecule has 1 heterocycles. The summed E-state index contributed by atoms with van der Waals surface area (Å²) < 4.78 is 27.9. The molecule has 3 aliphatic rings. The summed E-state index contributed by atoms with van der Waals surface area (Å²) in [7, 11) is 6.35. The fourth-order valence-electron chi connectivity index (χ4n) is 6.27. The van der Waals surface area contributed by atoms with Gasteiger partial charge in [0.2, 0.25) is 0 Å². The Balaban J connectivity index is 1.58. The van der Waals surface area contributed by atoms with Crippen LogP contribution < -0.4 is 24.3 Å². The normalized spacial score (nSPS) is 22.7. The number of carbonyl (C=O) groups excluding carboxylic acids is 2. The molecule has 2 aliphatic carbocycles. The van der Waals surface area contributed by atoms with Crippen LogP contribution >= 0.6 is 0 Å². The van der Waals surface area contributed by atoms with Gasteiger partial charge >= 0.3 is 5.97 Å². The average molecular weight is 548 g/mol. The van der Waals surface area contributed by atoms with Crippen LogP contribution in [0.25, 0.3) is 0 Å². The molecule has 0 saturated heterocycles. The Labute approximate surface area is 235 Å². The van der Waals surface area contributed by atoms with Crippen LogP contribution in [0.2, 0.25) is 0 Å². The van der Waals surface area contributed by atoms with Crippen molar-refractivity contribution in [1.29, 1.82) is 0 Å². The molecule has 1 saturated carbocycles. The zero-order valence-corrected chi connectivity index (χ0v) is 23.7. The second kappa shape index (κ2) is 11.7. The molecular weight excluding hydrogens is 510 g/mol. The van der Waals surface area contributed by atoms with Crippen molar-refractivity contribution >= 4 is 11.8 Å². The zero-order valence-electron chi connectivity index (χ0n) is 23.7. The highest BCUT2D eigenvalue weighted by Gasteiger charge is 2.45. The fourth-order valence-corrected chi connectivity index (χ4v) is 6.27. The Morgan fingerprint density at radius 1 is 0.800 bits per heavy atom. The number of hydrogen-bond donors (Lipinski definition) is 1. The van der Waals surface area contributed by atoms with Crippen molar-refractivity contribution in [2.24, 2.45) is 5.92 Å². The molecule has 8 heteroatoms. The molecule has 212 valence electrons. The molecule has 3 unspecified atom stereocenters. The topological polar surface area (TPSA) is 92.3 Å². The van der Waals surface area contributed by atoms with Crippen LogP contribution in [0.15, 0.2) is 59.4 Å². The molecule has 0 bridgehead atoms. The van der Waals surface area contributed by atoms with Crippen LogP contribution in [0.3, 0.4) is 0 Å².